The molecule has 4 heteroatoms. The largest absolute Gasteiger partial charge is 0.312 e. The Balaban J connectivity index is 2.13. The summed E-state index contributed by atoms with van der Waals surface area (Å²) in [6, 6.07) is 14.3. The second-order valence-corrected chi connectivity index (χ2v) is 6.03. The van der Waals surface area contributed by atoms with E-state index in [0.717, 1.165) is 4.90 Å². The molecule has 2 atom stereocenters. The molecule has 0 aromatic heterocycles. The number of halogens is 2. The van der Waals surface area contributed by atoms with Crippen LogP contribution in [0.1, 0.15) is 18.5 Å². The van der Waals surface area contributed by atoms with Crippen LogP contribution in [0.25, 0.3) is 0 Å². The van der Waals surface area contributed by atoms with E-state index >= 15 is 0 Å². The normalized spacial score (nSPS) is 14.0. The van der Waals surface area contributed by atoms with Gasteiger partial charge in [0.05, 0.1) is 0 Å². The fourth-order valence-corrected chi connectivity index (χ4v) is 3.34. The van der Waals surface area contributed by atoms with Crippen molar-refractivity contribution in [3.05, 3.63) is 65.7 Å². The summed E-state index contributed by atoms with van der Waals surface area (Å²) in [5.41, 5.74) is 1.18. The molecule has 0 aliphatic rings. The average Bonchev–Trinajstić information content (AvgIpc) is 2.45. The Kier molecular flexibility index (Phi) is 5.15. The quantitative estimate of drug-likeness (QED) is 0.820. The standard InChI is InChI=1S/C16H17F2NS/c1-11(16(19-2)12-6-4-3-5-7-12)20-13-8-9-14(17)15(18)10-13/h3-11,16,19H,1-2H3. The van der Waals surface area contributed by atoms with Gasteiger partial charge in [-0.1, -0.05) is 37.3 Å². The molecule has 0 fully saturated rings. The summed E-state index contributed by atoms with van der Waals surface area (Å²) in [7, 11) is 1.90. The summed E-state index contributed by atoms with van der Waals surface area (Å²) in [5, 5.41) is 3.46. The summed E-state index contributed by atoms with van der Waals surface area (Å²) in [4.78, 5) is 0.729. The van der Waals surface area contributed by atoms with Crippen molar-refractivity contribution in [1.29, 1.82) is 0 Å². The second-order valence-electron chi connectivity index (χ2n) is 4.58. The summed E-state index contributed by atoms with van der Waals surface area (Å²) >= 11 is 1.52. The van der Waals surface area contributed by atoms with Gasteiger partial charge in [-0.25, -0.2) is 8.78 Å². The van der Waals surface area contributed by atoms with E-state index in [4.69, 9.17) is 0 Å². The highest BCUT2D eigenvalue weighted by Crippen LogP contribution is 2.32. The lowest BCUT2D eigenvalue weighted by atomic mass is 10.0. The van der Waals surface area contributed by atoms with E-state index in [2.05, 4.69) is 24.4 Å². The molecule has 106 valence electrons. The highest BCUT2D eigenvalue weighted by atomic mass is 32.2. The zero-order valence-electron chi connectivity index (χ0n) is 11.4. The fraction of sp³-hybridized carbons (Fsp3) is 0.250. The van der Waals surface area contributed by atoms with E-state index in [1.54, 1.807) is 6.07 Å². The molecule has 0 aliphatic heterocycles. The second kappa shape index (κ2) is 6.86. The third-order valence-corrected chi connectivity index (χ3v) is 4.32. The summed E-state index contributed by atoms with van der Waals surface area (Å²) in [5.74, 6) is -1.61. The predicted molar refractivity (Wildman–Crippen MR) is 79.9 cm³/mol. The van der Waals surface area contributed by atoms with Gasteiger partial charge in [0.2, 0.25) is 0 Å². The molecule has 2 aromatic rings. The van der Waals surface area contributed by atoms with Crippen LogP contribution in [0.15, 0.2) is 53.4 Å². The Morgan fingerprint density at radius 2 is 1.70 bits per heavy atom. The highest BCUT2D eigenvalue weighted by molar-refractivity contribution is 8.00. The van der Waals surface area contributed by atoms with Crippen molar-refractivity contribution in [2.45, 2.75) is 23.1 Å². The zero-order chi connectivity index (χ0) is 14.5. The summed E-state index contributed by atoms with van der Waals surface area (Å²) in [6.07, 6.45) is 0. The van der Waals surface area contributed by atoms with Gasteiger partial charge in [0, 0.05) is 16.2 Å². The lowest BCUT2D eigenvalue weighted by molar-refractivity contribution is 0.505. The third-order valence-electron chi connectivity index (χ3n) is 3.15. The summed E-state index contributed by atoms with van der Waals surface area (Å²) in [6.45, 7) is 2.07. The molecule has 0 spiro atoms. The number of hydrogen-bond donors (Lipinski definition) is 1. The van der Waals surface area contributed by atoms with Crippen molar-refractivity contribution < 1.29 is 8.78 Å². The van der Waals surface area contributed by atoms with Gasteiger partial charge < -0.3 is 5.32 Å². The number of hydrogen-bond acceptors (Lipinski definition) is 2. The molecular formula is C16H17F2NS. The van der Waals surface area contributed by atoms with Crippen molar-refractivity contribution in [2.24, 2.45) is 0 Å². The van der Waals surface area contributed by atoms with E-state index in [9.17, 15) is 8.78 Å². The number of benzene rings is 2. The van der Waals surface area contributed by atoms with Gasteiger partial charge in [-0.05, 0) is 30.8 Å². The lowest BCUT2D eigenvalue weighted by Gasteiger charge is -2.23. The first-order valence-corrected chi connectivity index (χ1v) is 7.33. The molecule has 1 nitrogen and oxygen atoms in total. The minimum absolute atomic E-state index is 0.148. The molecule has 0 aliphatic carbocycles. The summed E-state index contributed by atoms with van der Waals surface area (Å²) < 4.78 is 26.2. The van der Waals surface area contributed by atoms with Gasteiger partial charge in [0.15, 0.2) is 11.6 Å². The molecule has 1 N–H and O–H groups in total. The lowest BCUT2D eigenvalue weighted by Crippen LogP contribution is -2.25. The first-order valence-electron chi connectivity index (χ1n) is 6.45. The van der Waals surface area contributed by atoms with E-state index in [1.807, 2.05) is 25.2 Å². The monoisotopic (exact) mass is 293 g/mol. The maximum Gasteiger partial charge on any atom is 0.159 e. The molecule has 2 unspecified atom stereocenters. The van der Waals surface area contributed by atoms with Gasteiger partial charge in [0.1, 0.15) is 0 Å². The minimum atomic E-state index is -0.810. The van der Waals surface area contributed by atoms with Crippen LogP contribution < -0.4 is 5.32 Å². The number of nitrogens with one attached hydrogen (secondary N) is 1. The highest BCUT2D eigenvalue weighted by Gasteiger charge is 2.18. The van der Waals surface area contributed by atoms with Crippen LogP contribution in [0.3, 0.4) is 0 Å². The molecule has 2 rings (SSSR count). The molecule has 20 heavy (non-hydrogen) atoms. The van der Waals surface area contributed by atoms with Crippen molar-refractivity contribution in [1.82, 2.24) is 5.32 Å². The third kappa shape index (κ3) is 3.58. The Morgan fingerprint density at radius 3 is 2.30 bits per heavy atom. The van der Waals surface area contributed by atoms with Gasteiger partial charge >= 0.3 is 0 Å². The van der Waals surface area contributed by atoms with Crippen LogP contribution in [-0.2, 0) is 0 Å². The van der Waals surface area contributed by atoms with Crippen LogP contribution in [-0.4, -0.2) is 12.3 Å². The SMILES string of the molecule is CNC(c1ccccc1)C(C)Sc1ccc(F)c(F)c1. The Labute approximate surface area is 122 Å². The van der Waals surface area contributed by atoms with Gasteiger partial charge in [-0.15, -0.1) is 11.8 Å². The Bertz CT molecular complexity index is 560. The van der Waals surface area contributed by atoms with Crippen molar-refractivity contribution in [2.75, 3.05) is 7.05 Å². The van der Waals surface area contributed by atoms with Crippen LogP contribution in [0, 0.1) is 11.6 Å². The topological polar surface area (TPSA) is 12.0 Å². The molecule has 0 saturated heterocycles. The average molecular weight is 293 g/mol. The van der Waals surface area contributed by atoms with Gasteiger partial charge in [0.25, 0.3) is 0 Å². The van der Waals surface area contributed by atoms with E-state index in [1.165, 1.54) is 29.5 Å². The van der Waals surface area contributed by atoms with E-state index < -0.39 is 11.6 Å². The maximum absolute atomic E-state index is 13.2. The molecule has 0 radical (unpaired) electrons. The smallest absolute Gasteiger partial charge is 0.159 e. The maximum atomic E-state index is 13.2. The van der Waals surface area contributed by atoms with Crippen LogP contribution >= 0.6 is 11.8 Å². The first kappa shape index (κ1) is 15.0. The van der Waals surface area contributed by atoms with Crippen LogP contribution in [0.4, 0.5) is 8.78 Å². The van der Waals surface area contributed by atoms with E-state index in [-0.39, 0.29) is 11.3 Å². The molecular weight excluding hydrogens is 276 g/mol. The van der Waals surface area contributed by atoms with Crippen LogP contribution in [0.2, 0.25) is 0 Å². The Hall–Kier alpha value is -1.39. The Morgan fingerprint density at radius 1 is 1.00 bits per heavy atom. The number of thioether (sulfide) groups is 1. The van der Waals surface area contributed by atoms with E-state index in [0.29, 0.717) is 0 Å². The van der Waals surface area contributed by atoms with Gasteiger partial charge in [-0.2, -0.15) is 0 Å². The fourth-order valence-electron chi connectivity index (χ4n) is 2.17. The zero-order valence-corrected chi connectivity index (χ0v) is 12.3. The molecule has 0 saturated carbocycles. The van der Waals surface area contributed by atoms with Crippen LogP contribution in [0.5, 0.6) is 0 Å². The molecule has 0 amide bonds. The first-order chi connectivity index (χ1) is 9.61. The molecule has 0 heterocycles. The van der Waals surface area contributed by atoms with Crippen molar-refractivity contribution in [3.63, 3.8) is 0 Å². The molecule has 0 bridgehead atoms. The van der Waals surface area contributed by atoms with Crippen molar-refractivity contribution >= 4 is 11.8 Å². The minimum Gasteiger partial charge on any atom is -0.312 e. The number of rotatable bonds is 5. The van der Waals surface area contributed by atoms with Gasteiger partial charge in [-0.3, -0.25) is 0 Å². The van der Waals surface area contributed by atoms with Crippen molar-refractivity contribution in [3.8, 4) is 0 Å². The predicted octanol–water partition coefficient (Wildman–Crippen LogP) is 4.41. The molecule has 2 aromatic carbocycles.